The molecule has 5 amide bonds. The smallest absolute Gasteiger partial charge is 0.437 e. The highest BCUT2D eigenvalue weighted by Gasteiger charge is 2.36. The van der Waals surface area contributed by atoms with Crippen molar-refractivity contribution < 1.29 is 60.5 Å². The number of halogens is 4. The molecule has 4 rings (SSSR count). The van der Waals surface area contributed by atoms with E-state index in [0.717, 1.165) is 12.1 Å². The Kier molecular flexibility index (Phi) is 16.1. The summed E-state index contributed by atoms with van der Waals surface area (Å²) in [4.78, 5) is 74.7. The molecular formula is C46H59F4N7O9. The maximum absolute atomic E-state index is 15.6. The van der Waals surface area contributed by atoms with E-state index < -0.39 is 70.2 Å². The first-order valence-corrected chi connectivity index (χ1v) is 21.1. The number of benzene rings is 2. The normalized spacial score (nSPS) is 15.5. The van der Waals surface area contributed by atoms with Crippen molar-refractivity contribution in [2.24, 2.45) is 9.98 Å². The number of nitrogens with zero attached hydrogens (tertiary/aromatic N) is 4. The lowest BCUT2D eigenvalue weighted by molar-refractivity contribution is -0.137. The van der Waals surface area contributed by atoms with Gasteiger partial charge in [-0.15, -0.1) is 9.98 Å². The number of hydrogen-bond donors (Lipinski definition) is 3. The summed E-state index contributed by atoms with van der Waals surface area (Å²) in [6, 6.07) is 7.03. The third-order valence-electron chi connectivity index (χ3n) is 8.93. The van der Waals surface area contributed by atoms with Crippen molar-refractivity contribution in [3.8, 4) is 0 Å². The monoisotopic (exact) mass is 929 g/mol. The molecule has 2 aliphatic rings. The summed E-state index contributed by atoms with van der Waals surface area (Å²) in [5.41, 5.74) is -4.00. The summed E-state index contributed by atoms with van der Waals surface area (Å²) in [7, 11) is 0. The van der Waals surface area contributed by atoms with Gasteiger partial charge in [-0.3, -0.25) is 15.4 Å². The molecule has 0 aliphatic carbocycles. The second-order valence-corrected chi connectivity index (χ2v) is 19.3. The van der Waals surface area contributed by atoms with Crippen molar-refractivity contribution in [3.63, 3.8) is 0 Å². The quantitative estimate of drug-likeness (QED) is 0.115. The summed E-state index contributed by atoms with van der Waals surface area (Å²) in [5, 5.41) is 7.40. The van der Waals surface area contributed by atoms with Gasteiger partial charge in [-0.05, 0) is 143 Å². The van der Waals surface area contributed by atoms with Crippen LogP contribution < -0.4 is 16.0 Å². The largest absolute Gasteiger partial charge is 0.444 e. The fourth-order valence-corrected chi connectivity index (χ4v) is 6.36. The van der Waals surface area contributed by atoms with E-state index in [1.54, 1.807) is 94.1 Å². The molecule has 0 radical (unpaired) electrons. The highest BCUT2D eigenvalue weighted by atomic mass is 19.4. The zero-order valence-electron chi connectivity index (χ0n) is 39.3. The fourth-order valence-electron chi connectivity index (χ4n) is 6.36. The van der Waals surface area contributed by atoms with E-state index in [4.69, 9.17) is 18.9 Å². The van der Waals surface area contributed by atoms with E-state index in [1.807, 2.05) is 0 Å². The molecule has 16 nitrogen and oxygen atoms in total. The highest BCUT2D eigenvalue weighted by molar-refractivity contribution is 6.05. The molecule has 2 aliphatic heterocycles. The standard InChI is InChI=1S/C46H59F4N7O9/c1-42(2,3)63-38(59)52-36(53-39(60)64-43(4,5)6)56-21-17-27(18-22-56)31-15-13-29(25-33(31)46(48,49)50)35(58)51-30-14-16-32(34(47)26-30)28-19-23-57(24-20-28)37(54-40(61)65-44(7,8)9)55-41(62)66-45(10,11)12/h13-17,19,25-26H,18,20-24H2,1-12H3,(H,51,58)(H,52,53,59,60)(H,54,55,61,62). The van der Waals surface area contributed by atoms with Crippen molar-refractivity contribution in [2.45, 2.75) is 125 Å². The predicted molar refractivity (Wildman–Crippen MR) is 240 cm³/mol. The Morgan fingerprint density at radius 1 is 0.591 bits per heavy atom. The van der Waals surface area contributed by atoms with Crippen LogP contribution in [0.1, 0.15) is 123 Å². The van der Waals surface area contributed by atoms with Crippen molar-refractivity contribution >= 4 is 59.0 Å². The predicted octanol–water partition coefficient (Wildman–Crippen LogP) is 9.91. The Labute approximate surface area is 381 Å². The molecule has 360 valence electrons. The molecule has 2 aromatic carbocycles. The summed E-state index contributed by atoms with van der Waals surface area (Å²) < 4.78 is 80.6. The number of nitrogens with one attached hydrogen (secondary N) is 3. The van der Waals surface area contributed by atoms with E-state index in [-0.39, 0.29) is 73.3 Å². The van der Waals surface area contributed by atoms with Crippen LogP contribution in [0.15, 0.2) is 58.5 Å². The van der Waals surface area contributed by atoms with E-state index in [9.17, 15) is 37.1 Å². The van der Waals surface area contributed by atoms with Crippen molar-refractivity contribution in [1.29, 1.82) is 0 Å². The van der Waals surface area contributed by atoms with Gasteiger partial charge in [0.05, 0.1) is 5.56 Å². The molecule has 0 fully saturated rings. The summed E-state index contributed by atoms with van der Waals surface area (Å²) in [6.07, 6.45) is -5.12. The molecule has 0 unspecified atom stereocenters. The minimum Gasteiger partial charge on any atom is -0.444 e. The van der Waals surface area contributed by atoms with Gasteiger partial charge in [-0.1, -0.05) is 18.2 Å². The van der Waals surface area contributed by atoms with Crippen molar-refractivity contribution in [3.05, 3.63) is 76.6 Å². The van der Waals surface area contributed by atoms with Crippen LogP contribution in [0.4, 0.5) is 42.4 Å². The average molecular weight is 930 g/mol. The van der Waals surface area contributed by atoms with Crippen LogP contribution in [0.5, 0.6) is 0 Å². The number of ether oxygens (including phenoxy) is 4. The molecule has 0 aromatic heterocycles. The van der Waals surface area contributed by atoms with Gasteiger partial charge in [0.25, 0.3) is 5.91 Å². The van der Waals surface area contributed by atoms with Gasteiger partial charge in [0.2, 0.25) is 11.9 Å². The average Bonchev–Trinajstić information content (AvgIpc) is 3.14. The third kappa shape index (κ3) is 16.5. The molecule has 0 bridgehead atoms. The summed E-state index contributed by atoms with van der Waals surface area (Å²) in [5.74, 6) is -1.97. The molecule has 2 heterocycles. The minimum atomic E-state index is -4.88. The van der Waals surface area contributed by atoms with Gasteiger partial charge in [0.1, 0.15) is 28.2 Å². The number of alkyl halides is 3. The number of alkyl carbamates (subject to hydrolysis) is 2. The Balaban J connectivity index is 1.51. The van der Waals surface area contributed by atoms with Crippen LogP contribution in [0.3, 0.4) is 0 Å². The highest BCUT2D eigenvalue weighted by Crippen LogP contribution is 2.38. The number of guanidine groups is 2. The third-order valence-corrected chi connectivity index (χ3v) is 8.93. The first-order chi connectivity index (χ1) is 30.2. The second-order valence-electron chi connectivity index (χ2n) is 19.3. The minimum absolute atomic E-state index is 0.0100. The fraction of sp³-hybridized carbons (Fsp3) is 0.500. The molecule has 0 atom stereocenters. The molecule has 3 N–H and O–H groups in total. The Bertz CT molecular complexity index is 2310. The number of aliphatic imine (C=N–C) groups is 2. The van der Waals surface area contributed by atoms with Gasteiger partial charge < -0.3 is 34.1 Å². The Morgan fingerprint density at radius 2 is 1.02 bits per heavy atom. The molecule has 66 heavy (non-hydrogen) atoms. The zero-order valence-corrected chi connectivity index (χ0v) is 39.3. The van der Waals surface area contributed by atoms with Crippen LogP contribution in [0.25, 0.3) is 11.1 Å². The lowest BCUT2D eigenvalue weighted by Crippen LogP contribution is -2.48. The first-order valence-electron chi connectivity index (χ1n) is 21.1. The maximum atomic E-state index is 15.6. The Hall–Kier alpha value is -6.47. The number of amides is 5. The SMILES string of the molecule is CC(C)(C)OC(=O)/N=C(\NC(=O)OC(C)(C)C)N1CC=C(c2ccc(NC(=O)c3ccc(C4=CCN(/C(=N/C(=O)OC(C)(C)C)NC(=O)OC(C)(C)C)CC4)c(C(F)(F)F)c3)cc2F)CC1. The number of anilines is 1. The lowest BCUT2D eigenvalue weighted by atomic mass is 9.93. The summed E-state index contributed by atoms with van der Waals surface area (Å²) in [6.45, 7) is 20.1. The summed E-state index contributed by atoms with van der Waals surface area (Å²) >= 11 is 0. The van der Waals surface area contributed by atoms with Crippen LogP contribution in [0.2, 0.25) is 0 Å². The lowest BCUT2D eigenvalue weighted by Gasteiger charge is -2.30. The van der Waals surface area contributed by atoms with Crippen LogP contribution in [0, 0.1) is 5.82 Å². The van der Waals surface area contributed by atoms with E-state index in [0.29, 0.717) is 11.1 Å². The number of carbonyl (C=O) groups is 5. The zero-order chi connectivity index (χ0) is 49.6. The van der Waals surface area contributed by atoms with Gasteiger partial charge in [-0.2, -0.15) is 13.2 Å². The first kappa shape index (κ1) is 52.2. The van der Waals surface area contributed by atoms with E-state index in [2.05, 4.69) is 25.9 Å². The number of rotatable bonds is 4. The second kappa shape index (κ2) is 20.4. The van der Waals surface area contributed by atoms with Crippen LogP contribution in [-0.2, 0) is 25.1 Å². The topological polar surface area (TPSA) is 190 Å². The van der Waals surface area contributed by atoms with E-state index in [1.165, 1.54) is 35.2 Å². The van der Waals surface area contributed by atoms with Crippen molar-refractivity contribution in [2.75, 3.05) is 31.5 Å². The number of carbonyl (C=O) groups excluding carboxylic acids is 5. The molecular weight excluding hydrogens is 871 g/mol. The molecule has 20 heteroatoms. The van der Waals surface area contributed by atoms with E-state index >= 15 is 4.39 Å². The van der Waals surface area contributed by atoms with Crippen molar-refractivity contribution in [1.82, 2.24) is 20.4 Å². The van der Waals surface area contributed by atoms with Crippen LogP contribution in [-0.4, -0.2) is 101 Å². The number of hydrogen-bond acceptors (Lipinski definition) is 9. The van der Waals surface area contributed by atoms with Gasteiger partial charge in [-0.25, -0.2) is 23.6 Å². The van der Waals surface area contributed by atoms with Gasteiger partial charge in [0, 0.05) is 43.0 Å². The molecule has 0 saturated carbocycles. The van der Waals surface area contributed by atoms with Gasteiger partial charge >= 0.3 is 30.5 Å². The molecule has 0 saturated heterocycles. The maximum Gasteiger partial charge on any atom is 0.437 e. The van der Waals surface area contributed by atoms with Gasteiger partial charge in [0.15, 0.2) is 0 Å². The van der Waals surface area contributed by atoms with Crippen LogP contribution >= 0.6 is 0 Å². The molecule has 2 aromatic rings. The molecule has 0 spiro atoms. The Morgan fingerprint density at radius 3 is 1.39 bits per heavy atom.